The lowest BCUT2D eigenvalue weighted by molar-refractivity contribution is -0.112. The van der Waals surface area contributed by atoms with Crippen LogP contribution in [0.4, 0.5) is 5.69 Å². The van der Waals surface area contributed by atoms with Gasteiger partial charge in [0.05, 0.1) is 5.56 Å². The van der Waals surface area contributed by atoms with Crippen molar-refractivity contribution in [1.29, 1.82) is 5.26 Å². The van der Waals surface area contributed by atoms with Crippen LogP contribution in [0.3, 0.4) is 0 Å². The molecule has 0 saturated carbocycles. The van der Waals surface area contributed by atoms with E-state index >= 15 is 0 Å². The van der Waals surface area contributed by atoms with Crippen LogP contribution in [-0.4, -0.2) is 35.0 Å². The zero-order valence-electron chi connectivity index (χ0n) is 14.1. The molecule has 24 heavy (non-hydrogen) atoms. The predicted octanol–water partition coefficient (Wildman–Crippen LogP) is 3.24. The van der Waals surface area contributed by atoms with Crippen LogP contribution in [0.5, 0.6) is 0 Å². The van der Waals surface area contributed by atoms with Crippen LogP contribution < -0.4 is 5.32 Å². The van der Waals surface area contributed by atoms with Crippen molar-refractivity contribution in [3.8, 4) is 6.07 Å². The third-order valence-electron chi connectivity index (χ3n) is 3.38. The molecule has 0 aromatic heterocycles. The SMILES string of the molecule is CCCCN(/C=C(/C#N)C(=O)Nc1ccc(C(=O)O)cc1)CCC. The lowest BCUT2D eigenvalue weighted by Crippen LogP contribution is -2.23. The van der Waals surface area contributed by atoms with Gasteiger partial charge in [-0.05, 0) is 37.1 Å². The maximum Gasteiger partial charge on any atom is 0.335 e. The number of nitrogens with one attached hydrogen (secondary N) is 1. The van der Waals surface area contributed by atoms with E-state index in [4.69, 9.17) is 5.11 Å². The van der Waals surface area contributed by atoms with E-state index in [-0.39, 0.29) is 11.1 Å². The molecule has 0 unspecified atom stereocenters. The Hall–Kier alpha value is -2.81. The molecule has 6 nitrogen and oxygen atoms in total. The van der Waals surface area contributed by atoms with Crippen molar-refractivity contribution in [2.75, 3.05) is 18.4 Å². The van der Waals surface area contributed by atoms with Gasteiger partial charge in [0.15, 0.2) is 0 Å². The van der Waals surface area contributed by atoms with Crippen LogP contribution in [0.15, 0.2) is 36.0 Å². The number of amides is 1. The molecule has 1 rings (SSSR count). The highest BCUT2D eigenvalue weighted by Gasteiger charge is 2.12. The van der Waals surface area contributed by atoms with Gasteiger partial charge < -0.3 is 15.3 Å². The van der Waals surface area contributed by atoms with Gasteiger partial charge in [-0.15, -0.1) is 0 Å². The summed E-state index contributed by atoms with van der Waals surface area (Å²) in [6.45, 7) is 5.72. The van der Waals surface area contributed by atoms with E-state index < -0.39 is 11.9 Å². The Morgan fingerprint density at radius 3 is 2.38 bits per heavy atom. The fourth-order valence-corrected chi connectivity index (χ4v) is 2.10. The second kappa shape index (κ2) is 10.1. The summed E-state index contributed by atoms with van der Waals surface area (Å²) in [5, 5.41) is 20.7. The molecule has 2 N–H and O–H groups in total. The molecule has 1 amide bonds. The third kappa shape index (κ3) is 6.13. The van der Waals surface area contributed by atoms with Gasteiger partial charge in [0.25, 0.3) is 5.91 Å². The monoisotopic (exact) mass is 329 g/mol. The van der Waals surface area contributed by atoms with E-state index in [0.717, 1.165) is 32.4 Å². The molecule has 0 fully saturated rings. The minimum Gasteiger partial charge on any atom is -0.478 e. The molecule has 0 heterocycles. The van der Waals surface area contributed by atoms with E-state index in [2.05, 4.69) is 12.2 Å². The molecule has 0 aliphatic carbocycles. The fraction of sp³-hybridized carbons (Fsp3) is 0.389. The average Bonchev–Trinajstić information content (AvgIpc) is 2.57. The van der Waals surface area contributed by atoms with Gasteiger partial charge in [0.2, 0.25) is 0 Å². The molecule has 0 radical (unpaired) electrons. The maximum atomic E-state index is 12.2. The number of carboxylic acid groups (broad SMARTS) is 1. The minimum atomic E-state index is -1.03. The molecule has 0 saturated heterocycles. The molecule has 0 atom stereocenters. The summed E-state index contributed by atoms with van der Waals surface area (Å²) in [7, 11) is 0. The molecule has 128 valence electrons. The summed E-state index contributed by atoms with van der Waals surface area (Å²) >= 11 is 0. The Morgan fingerprint density at radius 1 is 1.21 bits per heavy atom. The minimum absolute atomic E-state index is 0.0295. The van der Waals surface area contributed by atoms with Gasteiger partial charge >= 0.3 is 5.97 Å². The lowest BCUT2D eigenvalue weighted by atomic mass is 10.2. The summed E-state index contributed by atoms with van der Waals surface area (Å²) < 4.78 is 0. The number of rotatable bonds is 9. The van der Waals surface area contributed by atoms with Crippen molar-refractivity contribution in [2.45, 2.75) is 33.1 Å². The zero-order chi connectivity index (χ0) is 17.9. The molecule has 0 aliphatic heterocycles. The lowest BCUT2D eigenvalue weighted by Gasteiger charge is -2.19. The predicted molar refractivity (Wildman–Crippen MR) is 92.5 cm³/mol. The Balaban J connectivity index is 2.82. The molecule has 1 aromatic carbocycles. The third-order valence-corrected chi connectivity index (χ3v) is 3.38. The first-order valence-electron chi connectivity index (χ1n) is 8.02. The van der Waals surface area contributed by atoms with Crippen molar-refractivity contribution >= 4 is 17.6 Å². The molecular formula is C18H23N3O3. The van der Waals surface area contributed by atoms with Crippen molar-refractivity contribution in [2.24, 2.45) is 0 Å². The van der Waals surface area contributed by atoms with Crippen LogP contribution in [0.1, 0.15) is 43.5 Å². The normalized spacial score (nSPS) is 10.8. The highest BCUT2D eigenvalue weighted by atomic mass is 16.4. The van der Waals surface area contributed by atoms with Crippen molar-refractivity contribution in [3.05, 3.63) is 41.6 Å². The van der Waals surface area contributed by atoms with Gasteiger partial charge in [-0.2, -0.15) is 5.26 Å². The van der Waals surface area contributed by atoms with Crippen LogP contribution >= 0.6 is 0 Å². The number of nitrogens with zero attached hydrogens (tertiary/aromatic N) is 2. The van der Waals surface area contributed by atoms with Gasteiger partial charge in [-0.3, -0.25) is 4.79 Å². The second-order valence-corrected chi connectivity index (χ2v) is 5.38. The van der Waals surface area contributed by atoms with E-state index in [0.29, 0.717) is 5.69 Å². The summed E-state index contributed by atoms with van der Waals surface area (Å²) in [6, 6.07) is 7.73. The maximum absolute atomic E-state index is 12.2. The quantitative estimate of drug-likeness (QED) is 0.536. The molecule has 0 aliphatic rings. The van der Waals surface area contributed by atoms with Crippen LogP contribution in [-0.2, 0) is 4.79 Å². The largest absolute Gasteiger partial charge is 0.478 e. The van der Waals surface area contributed by atoms with Gasteiger partial charge in [0, 0.05) is 25.0 Å². The highest BCUT2D eigenvalue weighted by Crippen LogP contribution is 2.11. The number of nitriles is 1. The molecule has 0 bridgehead atoms. The Morgan fingerprint density at radius 2 is 1.88 bits per heavy atom. The van der Waals surface area contributed by atoms with Crippen LogP contribution in [0.2, 0.25) is 0 Å². The smallest absolute Gasteiger partial charge is 0.335 e. The number of carbonyl (C=O) groups is 2. The molecule has 1 aromatic rings. The molecule has 0 spiro atoms. The number of anilines is 1. The number of carboxylic acids is 1. The standard InChI is InChI=1S/C18H23N3O3/c1-3-5-11-21(10-4-2)13-15(12-19)17(22)20-16-8-6-14(7-9-16)18(23)24/h6-9,13H,3-5,10-11H2,1-2H3,(H,20,22)(H,23,24)/b15-13-. The van der Waals surface area contributed by atoms with Crippen LogP contribution in [0, 0.1) is 11.3 Å². The summed E-state index contributed by atoms with van der Waals surface area (Å²) in [4.78, 5) is 25.0. The number of hydrogen-bond acceptors (Lipinski definition) is 4. The van der Waals surface area contributed by atoms with Gasteiger partial charge in [-0.1, -0.05) is 20.3 Å². The highest BCUT2D eigenvalue weighted by molar-refractivity contribution is 6.06. The Labute approximate surface area is 142 Å². The van der Waals surface area contributed by atoms with E-state index in [9.17, 15) is 14.9 Å². The average molecular weight is 329 g/mol. The first-order valence-corrected chi connectivity index (χ1v) is 8.02. The Kier molecular flexibility index (Phi) is 8.06. The summed E-state index contributed by atoms with van der Waals surface area (Å²) in [6.07, 6.45) is 4.56. The summed E-state index contributed by atoms with van der Waals surface area (Å²) in [5.41, 5.74) is 0.612. The fourth-order valence-electron chi connectivity index (χ4n) is 2.10. The van der Waals surface area contributed by atoms with E-state index in [1.807, 2.05) is 17.9 Å². The number of aromatic carboxylic acids is 1. The first-order chi connectivity index (χ1) is 11.5. The number of hydrogen-bond donors (Lipinski definition) is 2. The first kappa shape index (κ1) is 19.2. The topological polar surface area (TPSA) is 93.4 Å². The molecule has 6 heteroatoms. The number of unbranched alkanes of at least 4 members (excludes halogenated alkanes) is 1. The Bertz CT molecular complexity index is 630. The number of benzene rings is 1. The van der Waals surface area contributed by atoms with Crippen LogP contribution in [0.25, 0.3) is 0 Å². The second-order valence-electron chi connectivity index (χ2n) is 5.38. The number of carbonyl (C=O) groups excluding carboxylic acids is 1. The van der Waals surface area contributed by atoms with Gasteiger partial charge in [-0.25, -0.2) is 4.79 Å². The summed E-state index contributed by atoms with van der Waals surface area (Å²) in [5.74, 6) is -1.53. The zero-order valence-corrected chi connectivity index (χ0v) is 14.1. The van der Waals surface area contributed by atoms with E-state index in [1.165, 1.54) is 24.3 Å². The van der Waals surface area contributed by atoms with Crippen molar-refractivity contribution < 1.29 is 14.7 Å². The van der Waals surface area contributed by atoms with E-state index in [1.54, 1.807) is 6.20 Å². The van der Waals surface area contributed by atoms with Crippen molar-refractivity contribution in [3.63, 3.8) is 0 Å². The van der Waals surface area contributed by atoms with Gasteiger partial charge in [0.1, 0.15) is 11.6 Å². The molecular weight excluding hydrogens is 306 g/mol. The van der Waals surface area contributed by atoms with Crippen molar-refractivity contribution in [1.82, 2.24) is 4.90 Å².